The lowest BCUT2D eigenvalue weighted by Gasteiger charge is -2.31. The Morgan fingerprint density at radius 1 is 1.32 bits per heavy atom. The second-order valence-electron chi connectivity index (χ2n) is 6.40. The first-order chi connectivity index (χ1) is 11.8. The van der Waals surface area contributed by atoms with Crippen LogP contribution in [0.2, 0.25) is 0 Å². The first-order valence-electron chi connectivity index (χ1n) is 8.43. The van der Waals surface area contributed by atoms with E-state index in [2.05, 4.69) is 30.5 Å². The summed E-state index contributed by atoms with van der Waals surface area (Å²) in [5, 5.41) is 6.74. The van der Waals surface area contributed by atoms with Crippen LogP contribution in [-0.2, 0) is 9.53 Å². The third-order valence-electron chi connectivity index (χ3n) is 4.32. The zero-order chi connectivity index (χ0) is 18.7. The minimum Gasteiger partial charge on any atom is -0.496 e. The lowest BCUT2D eigenvalue weighted by Crippen LogP contribution is -2.45. The zero-order valence-electron chi connectivity index (χ0n) is 15.6. The predicted octanol–water partition coefficient (Wildman–Crippen LogP) is 3.48. The van der Waals surface area contributed by atoms with Crippen molar-refractivity contribution in [2.45, 2.75) is 46.6 Å². The highest BCUT2D eigenvalue weighted by Crippen LogP contribution is 2.36. The fourth-order valence-corrected chi connectivity index (χ4v) is 3.33. The smallest absolute Gasteiger partial charge is 0.338 e. The molecule has 1 heterocycles. The maximum absolute atomic E-state index is 12.5. The topological polar surface area (TPSA) is 59.6 Å². The normalized spacial score (nSPS) is 17.2. The molecule has 2 rings (SSSR count). The lowest BCUT2D eigenvalue weighted by atomic mass is 9.88. The molecule has 0 aromatic heterocycles. The van der Waals surface area contributed by atoms with E-state index in [1.54, 1.807) is 14.0 Å². The third-order valence-corrected chi connectivity index (χ3v) is 4.54. The van der Waals surface area contributed by atoms with Gasteiger partial charge in [0.2, 0.25) is 0 Å². The van der Waals surface area contributed by atoms with Crippen LogP contribution in [0.4, 0.5) is 0 Å². The number of hydrogen-bond donors (Lipinski definition) is 2. The minimum atomic E-state index is -0.351. The fourth-order valence-electron chi connectivity index (χ4n) is 3.06. The molecule has 5 nitrogen and oxygen atoms in total. The van der Waals surface area contributed by atoms with E-state index in [1.165, 1.54) is 0 Å². The molecule has 0 bridgehead atoms. The van der Waals surface area contributed by atoms with Crippen LogP contribution >= 0.6 is 12.2 Å². The van der Waals surface area contributed by atoms with Crippen LogP contribution in [0.5, 0.6) is 5.75 Å². The molecule has 1 aromatic rings. The van der Waals surface area contributed by atoms with Gasteiger partial charge in [-0.3, -0.25) is 0 Å². The average molecular weight is 362 g/mol. The molecule has 0 aliphatic carbocycles. The summed E-state index contributed by atoms with van der Waals surface area (Å²) in [6, 6.07) is 3.75. The van der Waals surface area contributed by atoms with E-state index in [-0.39, 0.29) is 12.0 Å². The number of benzene rings is 1. The Balaban J connectivity index is 2.61. The van der Waals surface area contributed by atoms with Crippen molar-refractivity contribution in [1.82, 2.24) is 10.6 Å². The summed E-state index contributed by atoms with van der Waals surface area (Å²) in [4.78, 5) is 12.5. The highest BCUT2D eigenvalue weighted by atomic mass is 32.1. The number of hydrogen-bond acceptors (Lipinski definition) is 4. The maximum Gasteiger partial charge on any atom is 0.338 e. The quantitative estimate of drug-likeness (QED) is 0.618. The Kier molecular flexibility index (Phi) is 6.06. The molecular weight excluding hydrogens is 336 g/mol. The average Bonchev–Trinajstić information content (AvgIpc) is 2.53. The van der Waals surface area contributed by atoms with E-state index >= 15 is 0 Å². The summed E-state index contributed by atoms with van der Waals surface area (Å²) in [6.07, 6.45) is 0. The monoisotopic (exact) mass is 362 g/mol. The van der Waals surface area contributed by atoms with Gasteiger partial charge < -0.3 is 20.1 Å². The van der Waals surface area contributed by atoms with Gasteiger partial charge in [0, 0.05) is 5.70 Å². The van der Waals surface area contributed by atoms with Crippen LogP contribution in [0.1, 0.15) is 56.3 Å². The van der Waals surface area contributed by atoms with Crippen LogP contribution in [0.15, 0.2) is 23.4 Å². The molecular formula is C19H26N2O3S. The molecule has 6 heteroatoms. The van der Waals surface area contributed by atoms with Crippen LogP contribution in [0.3, 0.4) is 0 Å². The first kappa shape index (κ1) is 19.2. The molecule has 0 saturated carbocycles. The van der Waals surface area contributed by atoms with Crippen LogP contribution in [-0.4, -0.2) is 24.8 Å². The molecule has 0 unspecified atom stereocenters. The van der Waals surface area contributed by atoms with E-state index in [9.17, 15) is 4.79 Å². The summed E-state index contributed by atoms with van der Waals surface area (Å²) in [7, 11) is 1.67. The molecule has 0 spiro atoms. The van der Waals surface area contributed by atoms with Crippen molar-refractivity contribution < 1.29 is 14.3 Å². The molecule has 1 atom stereocenters. The molecule has 1 aliphatic rings. The second-order valence-corrected chi connectivity index (χ2v) is 6.80. The molecule has 136 valence electrons. The summed E-state index contributed by atoms with van der Waals surface area (Å²) >= 11 is 5.31. The number of methoxy groups -OCH3 is 1. The second kappa shape index (κ2) is 7.87. The fraction of sp³-hybridized carbons (Fsp3) is 0.474. The summed E-state index contributed by atoms with van der Waals surface area (Å²) < 4.78 is 10.8. The van der Waals surface area contributed by atoms with Gasteiger partial charge >= 0.3 is 5.97 Å². The minimum absolute atomic E-state index is 0.291. The Labute approximate surface area is 154 Å². The number of thiocarbonyl (C=S) groups is 1. The van der Waals surface area contributed by atoms with Gasteiger partial charge in [0.1, 0.15) is 5.75 Å². The standard InChI is InChI=1S/C19H26N2O3S/c1-7-24-18(22)16-12(5)20-19(25)21-17(16)14-9-13(10(2)3)15(23-6)8-11(14)4/h8-10,17H,7H2,1-6H3,(H2,20,21,25)/t17-/m1/s1. The van der Waals surface area contributed by atoms with Crippen molar-refractivity contribution >= 4 is 23.3 Å². The van der Waals surface area contributed by atoms with Gasteiger partial charge in [0.25, 0.3) is 0 Å². The molecule has 1 aliphatic heterocycles. The van der Waals surface area contributed by atoms with E-state index in [0.717, 1.165) is 22.4 Å². The molecule has 0 fully saturated rings. The van der Waals surface area contributed by atoms with Gasteiger partial charge in [-0.05, 0) is 67.7 Å². The number of rotatable bonds is 5. The number of esters is 1. The van der Waals surface area contributed by atoms with Crippen molar-refractivity contribution in [3.05, 3.63) is 40.1 Å². The van der Waals surface area contributed by atoms with Crippen LogP contribution in [0, 0.1) is 6.92 Å². The first-order valence-corrected chi connectivity index (χ1v) is 8.84. The molecule has 0 radical (unpaired) electrons. The summed E-state index contributed by atoms with van der Waals surface area (Å²) in [5.41, 5.74) is 4.39. The highest BCUT2D eigenvalue weighted by Gasteiger charge is 2.32. The van der Waals surface area contributed by atoms with Gasteiger partial charge in [0.05, 0.1) is 25.3 Å². The van der Waals surface area contributed by atoms with Crippen LogP contribution in [0.25, 0.3) is 0 Å². The number of nitrogens with one attached hydrogen (secondary N) is 2. The number of carbonyl (C=O) groups is 1. The van der Waals surface area contributed by atoms with Gasteiger partial charge in [-0.2, -0.15) is 0 Å². The predicted molar refractivity (Wildman–Crippen MR) is 103 cm³/mol. The van der Waals surface area contributed by atoms with Gasteiger partial charge in [0.15, 0.2) is 5.11 Å². The molecule has 1 aromatic carbocycles. The maximum atomic E-state index is 12.5. The van der Waals surface area contributed by atoms with Crippen LogP contribution < -0.4 is 15.4 Å². The molecule has 2 N–H and O–H groups in total. The number of aryl methyl sites for hydroxylation is 1. The van der Waals surface area contributed by atoms with E-state index < -0.39 is 0 Å². The molecule has 0 amide bonds. The molecule has 25 heavy (non-hydrogen) atoms. The van der Waals surface area contributed by atoms with E-state index in [4.69, 9.17) is 21.7 Å². The van der Waals surface area contributed by atoms with Crippen molar-refractivity contribution in [1.29, 1.82) is 0 Å². The SMILES string of the molecule is CCOC(=O)C1=C(C)NC(=S)N[C@@H]1c1cc(C(C)C)c(OC)cc1C. The van der Waals surface area contributed by atoms with E-state index in [0.29, 0.717) is 28.9 Å². The van der Waals surface area contributed by atoms with Crippen molar-refractivity contribution in [3.63, 3.8) is 0 Å². The third kappa shape index (κ3) is 3.95. The van der Waals surface area contributed by atoms with Gasteiger partial charge in [-0.25, -0.2) is 4.79 Å². The summed E-state index contributed by atoms with van der Waals surface area (Å²) in [6.45, 7) is 10.2. The van der Waals surface area contributed by atoms with Crippen molar-refractivity contribution in [3.8, 4) is 5.75 Å². The van der Waals surface area contributed by atoms with E-state index in [1.807, 2.05) is 19.9 Å². The van der Waals surface area contributed by atoms with Crippen molar-refractivity contribution in [2.24, 2.45) is 0 Å². The van der Waals surface area contributed by atoms with Gasteiger partial charge in [-0.15, -0.1) is 0 Å². The Morgan fingerprint density at radius 3 is 2.56 bits per heavy atom. The lowest BCUT2D eigenvalue weighted by molar-refractivity contribution is -0.139. The number of ether oxygens (including phenoxy) is 2. The Morgan fingerprint density at radius 2 is 2.00 bits per heavy atom. The largest absolute Gasteiger partial charge is 0.496 e. The zero-order valence-corrected chi connectivity index (χ0v) is 16.5. The van der Waals surface area contributed by atoms with Crippen molar-refractivity contribution in [2.75, 3.05) is 13.7 Å². The molecule has 0 saturated heterocycles. The van der Waals surface area contributed by atoms with Gasteiger partial charge in [-0.1, -0.05) is 13.8 Å². The number of carbonyl (C=O) groups excluding carboxylic acids is 1. The Hall–Kier alpha value is -2.08. The highest BCUT2D eigenvalue weighted by molar-refractivity contribution is 7.80. The Bertz CT molecular complexity index is 726. The number of allylic oxidation sites excluding steroid dienone is 1. The summed E-state index contributed by atoms with van der Waals surface area (Å²) in [5.74, 6) is 0.805.